The van der Waals surface area contributed by atoms with Crippen LogP contribution in [-0.2, 0) is 14.4 Å². The molecule has 1 aromatic heterocycles. The van der Waals surface area contributed by atoms with Crippen molar-refractivity contribution in [3.05, 3.63) is 16.6 Å². The summed E-state index contributed by atoms with van der Waals surface area (Å²) in [6.07, 6.45) is 5.34. The molecule has 0 aromatic carbocycles. The predicted molar refractivity (Wildman–Crippen MR) is 131 cm³/mol. The Labute approximate surface area is 203 Å². The zero-order chi connectivity index (χ0) is 25.5. The number of hydrogen-bond acceptors (Lipinski definition) is 8. The van der Waals surface area contributed by atoms with Crippen molar-refractivity contribution in [2.75, 3.05) is 26.7 Å². The summed E-state index contributed by atoms with van der Waals surface area (Å²) >= 11 is 1.28. The Balaban J connectivity index is 0.000000342. The van der Waals surface area contributed by atoms with Crippen LogP contribution in [0.3, 0.4) is 0 Å². The van der Waals surface area contributed by atoms with Crippen LogP contribution in [0.1, 0.15) is 55.3 Å². The molecule has 34 heavy (non-hydrogen) atoms. The summed E-state index contributed by atoms with van der Waals surface area (Å²) in [7, 11) is 1.75. The van der Waals surface area contributed by atoms with E-state index in [0.29, 0.717) is 50.2 Å². The van der Waals surface area contributed by atoms with Gasteiger partial charge in [-0.3, -0.25) is 24.2 Å². The zero-order valence-corrected chi connectivity index (χ0v) is 20.6. The van der Waals surface area contributed by atoms with Gasteiger partial charge in [0.15, 0.2) is 11.0 Å². The van der Waals surface area contributed by atoms with Crippen LogP contribution in [0.25, 0.3) is 0 Å². The number of thiazole rings is 1. The van der Waals surface area contributed by atoms with Crippen LogP contribution in [0.4, 0.5) is 0 Å². The molecular weight excluding hydrogens is 460 g/mol. The van der Waals surface area contributed by atoms with Gasteiger partial charge in [-0.1, -0.05) is 0 Å². The van der Waals surface area contributed by atoms with E-state index in [-0.39, 0.29) is 35.5 Å². The molecule has 2 rings (SSSR count). The second-order valence-electron chi connectivity index (χ2n) is 7.82. The third-order valence-electron chi connectivity index (χ3n) is 4.89. The number of nitrogens with two attached hydrogens (primary N) is 3. The van der Waals surface area contributed by atoms with Gasteiger partial charge in [0.05, 0.1) is 6.04 Å². The van der Waals surface area contributed by atoms with E-state index in [2.05, 4.69) is 20.6 Å². The molecule has 1 aliphatic heterocycles. The highest BCUT2D eigenvalue weighted by molar-refractivity contribution is 7.11. The van der Waals surface area contributed by atoms with E-state index in [1.807, 2.05) is 0 Å². The average Bonchev–Trinajstić information content (AvgIpc) is 3.32. The van der Waals surface area contributed by atoms with Gasteiger partial charge in [-0.15, -0.1) is 11.3 Å². The van der Waals surface area contributed by atoms with Gasteiger partial charge in [0.2, 0.25) is 23.5 Å². The van der Waals surface area contributed by atoms with Crippen LogP contribution in [0.5, 0.6) is 0 Å². The number of aliphatic imine (C=N–C) groups is 1. The summed E-state index contributed by atoms with van der Waals surface area (Å²) in [6, 6.07) is -0.883. The highest BCUT2D eigenvalue weighted by Crippen LogP contribution is 2.11. The number of nitrogens with zero attached hydrogens (tertiary/aromatic N) is 3. The molecule has 2 atom stereocenters. The molecule has 8 N–H and O–H groups in total. The van der Waals surface area contributed by atoms with Gasteiger partial charge < -0.3 is 32.7 Å². The minimum absolute atomic E-state index is 0.0150. The lowest BCUT2D eigenvalue weighted by Crippen LogP contribution is -2.50. The normalized spacial score (nSPS) is 16.0. The number of carbonyl (C=O) groups is 4. The fraction of sp³-hybridized carbons (Fsp3) is 0.619. The number of rotatable bonds is 11. The van der Waals surface area contributed by atoms with Gasteiger partial charge in [0, 0.05) is 45.1 Å². The lowest BCUT2D eigenvalue weighted by molar-refractivity contribution is -0.137. The molecule has 1 aromatic rings. The number of Topliss-reactive ketones (excluding diaryl/α,β-unsaturated/α-hetero) is 1. The van der Waals surface area contributed by atoms with E-state index < -0.39 is 6.04 Å². The minimum atomic E-state index is -0.507. The maximum absolute atomic E-state index is 11.9. The topological polar surface area (TPSA) is 199 Å². The minimum Gasteiger partial charge on any atom is -0.370 e. The fourth-order valence-electron chi connectivity index (χ4n) is 3.21. The Bertz CT molecular complexity index is 827. The van der Waals surface area contributed by atoms with Crippen molar-refractivity contribution in [3.63, 3.8) is 0 Å². The van der Waals surface area contributed by atoms with E-state index in [1.165, 1.54) is 18.3 Å². The molecule has 2 heterocycles. The molecule has 0 bridgehead atoms. The summed E-state index contributed by atoms with van der Waals surface area (Å²) in [5, 5.41) is 7.54. The summed E-state index contributed by atoms with van der Waals surface area (Å²) in [5.41, 5.74) is 15.7. The first-order valence-electron chi connectivity index (χ1n) is 11.2. The molecule has 12 nitrogen and oxygen atoms in total. The lowest BCUT2D eigenvalue weighted by Gasteiger charge is -2.29. The number of aromatic nitrogens is 1. The average molecular weight is 497 g/mol. The molecule has 0 aliphatic carbocycles. The van der Waals surface area contributed by atoms with Gasteiger partial charge in [-0.2, -0.15) is 0 Å². The monoisotopic (exact) mass is 496 g/mol. The number of ketones is 1. The van der Waals surface area contributed by atoms with Crippen molar-refractivity contribution in [2.24, 2.45) is 22.2 Å². The Hall–Kier alpha value is -3.06. The quantitative estimate of drug-likeness (QED) is 0.115. The fourth-order valence-corrected chi connectivity index (χ4v) is 3.84. The number of hydrogen-bond donors (Lipinski definition) is 5. The van der Waals surface area contributed by atoms with Gasteiger partial charge >= 0.3 is 0 Å². The molecule has 1 aliphatic rings. The number of carbonyl (C=O) groups excluding carboxylic acids is 4. The van der Waals surface area contributed by atoms with Crippen LogP contribution in [0.2, 0.25) is 0 Å². The first kappa shape index (κ1) is 29.0. The molecule has 1 saturated heterocycles. The van der Waals surface area contributed by atoms with Crippen molar-refractivity contribution in [3.8, 4) is 0 Å². The summed E-state index contributed by atoms with van der Waals surface area (Å²) < 4.78 is 0. The first-order chi connectivity index (χ1) is 16.1. The molecule has 190 valence electrons. The Morgan fingerprint density at radius 1 is 1.32 bits per heavy atom. The highest BCUT2D eigenvalue weighted by Gasteiger charge is 2.27. The van der Waals surface area contributed by atoms with E-state index in [1.54, 1.807) is 23.5 Å². The van der Waals surface area contributed by atoms with Crippen LogP contribution in [0, 0.1) is 0 Å². The van der Waals surface area contributed by atoms with E-state index in [9.17, 15) is 19.2 Å². The Kier molecular flexibility index (Phi) is 13.4. The maximum atomic E-state index is 11.9. The second-order valence-corrected chi connectivity index (χ2v) is 8.71. The lowest BCUT2D eigenvalue weighted by atomic mass is 10.1. The maximum Gasteiger partial charge on any atom is 0.244 e. The van der Waals surface area contributed by atoms with Crippen LogP contribution < -0.4 is 27.8 Å². The Morgan fingerprint density at radius 3 is 2.65 bits per heavy atom. The van der Waals surface area contributed by atoms with Gasteiger partial charge in [0.25, 0.3) is 0 Å². The molecule has 0 radical (unpaired) electrons. The molecule has 3 amide bonds. The van der Waals surface area contributed by atoms with Gasteiger partial charge in [-0.05, 0) is 38.6 Å². The number of nitrogens with one attached hydrogen (secondary N) is 2. The molecule has 0 spiro atoms. The molecule has 1 fully saturated rings. The van der Waals surface area contributed by atoms with Crippen LogP contribution in [0.15, 0.2) is 16.6 Å². The van der Waals surface area contributed by atoms with Crippen LogP contribution >= 0.6 is 11.3 Å². The van der Waals surface area contributed by atoms with E-state index in [4.69, 9.17) is 17.2 Å². The molecule has 13 heteroatoms. The summed E-state index contributed by atoms with van der Waals surface area (Å²) in [6.45, 7) is 3.08. The third-order valence-corrected chi connectivity index (χ3v) is 5.67. The number of piperidine rings is 1. The number of amides is 3. The van der Waals surface area contributed by atoms with Crippen molar-refractivity contribution in [1.82, 2.24) is 20.5 Å². The smallest absolute Gasteiger partial charge is 0.244 e. The molecule has 0 saturated carbocycles. The Morgan fingerprint density at radius 2 is 2.06 bits per heavy atom. The number of guanidine groups is 1. The standard InChI is InChI=1S/C11H21N5O2.C10H15N3O2S/c1-16-7-3-4-8(10(16)18)15-9(17)5-2-6-14-11(12)13;1-7(14)13-8(3-2-4-11)9(15)10-12-5-6-16-10/h8H,2-7H2,1H3,(H,15,17)(H4,12,13,14);5-6,8H,2-4,11H2,1H3,(H,13,14)/t2*8-/m00/s1. The molecule has 0 unspecified atom stereocenters. The number of likely N-dealkylation sites (tertiary alicyclic amines) is 1. The molecular formula is C21H36N8O4S. The highest BCUT2D eigenvalue weighted by atomic mass is 32.1. The predicted octanol–water partition coefficient (Wildman–Crippen LogP) is -0.654. The van der Waals surface area contributed by atoms with Crippen molar-refractivity contribution < 1.29 is 19.2 Å². The third kappa shape index (κ3) is 11.2. The summed E-state index contributed by atoms with van der Waals surface area (Å²) in [5.74, 6) is -0.474. The van der Waals surface area contributed by atoms with Crippen LogP contribution in [-0.4, -0.2) is 78.1 Å². The van der Waals surface area contributed by atoms with E-state index >= 15 is 0 Å². The van der Waals surface area contributed by atoms with Gasteiger partial charge in [0.1, 0.15) is 6.04 Å². The summed E-state index contributed by atoms with van der Waals surface area (Å²) in [4.78, 5) is 55.6. The number of likely N-dealkylation sites (N-methyl/N-ethyl adjacent to an activating group) is 1. The SMILES string of the molecule is CC(=O)N[C@@H](CCCN)C(=O)c1nccs1.CN1CCC[C@H](NC(=O)CCCN=C(N)N)C1=O. The largest absolute Gasteiger partial charge is 0.370 e. The van der Waals surface area contributed by atoms with Gasteiger partial charge in [-0.25, -0.2) is 4.98 Å². The second kappa shape index (κ2) is 15.7. The van der Waals surface area contributed by atoms with Crippen molar-refractivity contribution in [1.29, 1.82) is 0 Å². The van der Waals surface area contributed by atoms with E-state index in [0.717, 1.165) is 13.0 Å². The first-order valence-corrected chi connectivity index (χ1v) is 12.0. The zero-order valence-electron chi connectivity index (χ0n) is 19.8. The van der Waals surface area contributed by atoms with Crippen molar-refractivity contribution >= 4 is 40.8 Å². The van der Waals surface area contributed by atoms with Crippen molar-refractivity contribution in [2.45, 2.75) is 57.5 Å².